The number of amides is 1. The van der Waals surface area contributed by atoms with E-state index in [1.807, 2.05) is 11.8 Å². The number of furan rings is 1. The molecule has 0 unspecified atom stereocenters. The third-order valence-corrected chi connectivity index (χ3v) is 4.66. The Kier molecular flexibility index (Phi) is 3.45. The van der Waals surface area contributed by atoms with Crippen LogP contribution >= 0.6 is 0 Å². The van der Waals surface area contributed by atoms with Crippen LogP contribution in [0.1, 0.15) is 34.3 Å². The molecule has 0 saturated carbocycles. The topological polar surface area (TPSA) is 81.6 Å². The van der Waals surface area contributed by atoms with Crippen LogP contribution in [-0.2, 0) is 11.2 Å². The van der Waals surface area contributed by atoms with Crippen molar-refractivity contribution >= 4 is 5.91 Å². The lowest BCUT2D eigenvalue weighted by atomic mass is 10.0. The van der Waals surface area contributed by atoms with Crippen molar-refractivity contribution in [2.75, 3.05) is 13.1 Å². The standard InChI is InChI=1S/C16H19N3O4/c1-9-13(3-4-21-9)16(20)19-7-11-5-12(22-14(11)8-19)6-15-17-10(2)18-23-15/h3-4,11-12,14H,5-8H2,1-2H3/t11-,12-,14+/m0/s1. The predicted octanol–water partition coefficient (Wildman–Crippen LogP) is 1.75. The fraction of sp³-hybridized carbons (Fsp3) is 0.562. The number of fused-ring (bicyclic) bond motifs is 1. The molecule has 0 N–H and O–H groups in total. The van der Waals surface area contributed by atoms with Gasteiger partial charge in [0, 0.05) is 19.0 Å². The number of carbonyl (C=O) groups is 1. The maximum absolute atomic E-state index is 12.5. The first kappa shape index (κ1) is 14.4. The molecular weight excluding hydrogens is 298 g/mol. The largest absolute Gasteiger partial charge is 0.469 e. The Balaban J connectivity index is 1.36. The lowest BCUT2D eigenvalue weighted by Crippen LogP contribution is -2.31. The summed E-state index contributed by atoms with van der Waals surface area (Å²) in [6.07, 6.45) is 3.30. The molecule has 2 fully saturated rings. The first-order chi connectivity index (χ1) is 11.1. The molecule has 0 bridgehead atoms. The molecular formula is C16H19N3O4. The Hall–Kier alpha value is -2.15. The minimum Gasteiger partial charge on any atom is -0.469 e. The van der Waals surface area contributed by atoms with Crippen LogP contribution in [0.25, 0.3) is 0 Å². The zero-order chi connectivity index (χ0) is 16.0. The van der Waals surface area contributed by atoms with E-state index in [0.29, 0.717) is 41.9 Å². The second-order valence-electron chi connectivity index (χ2n) is 6.33. The summed E-state index contributed by atoms with van der Waals surface area (Å²) in [5.74, 6) is 2.33. The van der Waals surface area contributed by atoms with Crippen molar-refractivity contribution in [2.24, 2.45) is 5.92 Å². The molecule has 0 aromatic carbocycles. The first-order valence-electron chi connectivity index (χ1n) is 7.88. The van der Waals surface area contributed by atoms with Gasteiger partial charge in [-0.25, -0.2) is 0 Å². The van der Waals surface area contributed by atoms with E-state index in [2.05, 4.69) is 10.1 Å². The van der Waals surface area contributed by atoms with Gasteiger partial charge in [-0.1, -0.05) is 5.16 Å². The summed E-state index contributed by atoms with van der Waals surface area (Å²) in [4.78, 5) is 18.6. The van der Waals surface area contributed by atoms with Gasteiger partial charge in [-0.2, -0.15) is 4.98 Å². The van der Waals surface area contributed by atoms with E-state index < -0.39 is 0 Å². The molecule has 7 nitrogen and oxygen atoms in total. The SMILES string of the molecule is Cc1noc(C[C@@H]2C[C@H]3CN(C(=O)c4ccoc4C)C[C@H]3O2)n1. The number of hydrogen-bond acceptors (Lipinski definition) is 6. The Morgan fingerprint density at radius 3 is 2.91 bits per heavy atom. The van der Waals surface area contributed by atoms with Crippen LogP contribution in [0.2, 0.25) is 0 Å². The van der Waals surface area contributed by atoms with Crippen LogP contribution in [-0.4, -0.2) is 46.2 Å². The molecule has 23 heavy (non-hydrogen) atoms. The lowest BCUT2D eigenvalue weighted by molar-refractivity contribution is 0.0330. The quantitative estimate of drug-likeness (QED) is 0.858. The second kappa shape index (κ2) is 5.49. The average molecular weight is 317 g/mol. The number of carbonyl (C=O) groups excluding carboxylic acids is 1. The summed E-state index contributed by atoms with van der Waals surface area (Å²) in [6, 6.07) is 1.73. The minimum absolute atomic E-state index is 0.0262. The summed E-state index contributed by atoms with van der Waals surface area (Å²) in [5, 5.41) is 3.80. The highest BCUT2D eigenvalue weighted by Gasteiger charge is 2.44. The Morgan fingerprint density at radius 1 is 1.39 bits per heavy atom. The molecule has 7 heteroatoms. The fourth-order valence-electron chi connectivity index (χ4n) is 3.55. The van der Waals surface area contributed by atoms with Gasteiger partial charge in [0.05, 0.1) is 30.5 Å². The molecule has 4 heterocycles. The maximum atomic E-state index is 12.5. The third kappa shape index (κ3) is 2.65. The second-order valence-corrected chi connectivity index (χ2v) is 6.33. The van der Waals surface area contributed by atoms with Crippen molar-refractivity contribution in [3.8, 4) is 0 Å². The zero-order valence-corrected chi connectivity index (χ0v) is 13.2. The predicted molar refractivity (Wildman–Crippen MR) is 78.9 cm³/mol. The number of hydrogen-bond donors (Lipinski definition) is 0. The molecule has 0 spiro atoms. The fourth-order valence-corrected chi connectivity index (χ4v) is 3.55. The van der Waals surface area contributed by atoms with Crippen molar-refractivity contribution in [1.29, 1.82) is 0 Å². The van der Waals surface area contributed by atoms with Gasteiger partial charge < -0.3 is 18.6 Å². The molecule has 122 valence electrons. The van der Waals surface area contributed by atoms with Crippen LogP contribution < -0.4 is 0 Å². The highest BCUT2D eigenvalue weighted by Crippen LogP contribution is 2.35. The van der Waals surface area contributed by atoms with E-state index in [1.165, 1.54) is 0 Å². The molecule has 2 aliphatic rings. The summed E-state index contributed by atoms with van der Waals surface area (Å²) in [6.45, 7) is 4.97. The van der Waals surface area contributed by atoms with Crippen molar-refractivity contribution in [2.45, 2.75) is 38.9 Å². The van der Waals surface area contributed by atoms with E-state index in [4.69, 9.17) is 13.7 Å². The number of aromatic nitrogens is 2. The minimum atomic E-state index is 0.0262. The highest BCUT2D eigenvalue weighted by molar-refractivity contribution is 5.95. The maximum Gasteiger partial charge on any atom is 0.257 e. The molecule has 1 amide bonds. The lowest BCUT2D eigenvalue weighted by Gasteiger charge is -2.18. The third-order valence-electron chi connectivity index (χ3n) is 4.66. The average Bonchev–Trinajstić information content (AvgIpc) is 3.23. The van der Waals surface area contributed by atoms with E-state index in [0.717, 1.165) is 13.0 Å². The molecule has 2 saturated heterocycles. The Labute approximate surface area is 133 Å². The first-order valence-corrected chi connectivity index (χ1v) is 7.88. The summed E-state index contributed by atoms with van der Waals surface area (Å²) in [7, 11) is 0. The van der Waals surface area contributed by atoms with E-state index in [-0.39, 0.29) is 18.1 Å². The molecule has 2 aromatic rings. The highest BCUT2D eigenvalue weighted by atomic mass is 16.5. The molecule has 4 rings (SSSR count). The van der Waals surface area contributed by atoms with Crippen LogP contribution in [0.5, 0.6) is 0 Å². The summed E-state index contributed by atoms with van der Waals surface area (Å²) >= 11 is 0. The number of nitrogens with zero attached hydrogens (tertiary/aromatic N) is 3. The van der Waals surface area contributed by atoms with Gasteiger partial charge in [0.1, 0.15) is 5.76 Å². The van der Waals surface area contributed by atoms with Gasteiger partial charge in [-0.15, -0.1) is 0 Å². The van der Waals surface area contributed by atoms with Crippen molar-refractivity contribution in [3.05, 3.63) is 35.4 Å². The van der Waals surface area contributed by atoms with Gasteiger partial charge in [0.15, 0.2) is 5.82 Å². The van der Waals surface area contributed by atoms with Gasteiger partial charge >= 0.3 is 0 Å². The van der Waals surface area contributed by atoms with E-state index in [9.17, 15) is 4.79 Å². The zero-order valence-electron chi connectivity index (χ0n) is 13.2. The van der Waals surface area contributed by atoms with Crippen molar-refractivity contribution in [3.63, 3.8) is 0 Å². The normalized spacial score (nSPS) is 26.7. The van der Waals surface area contributed by atoms with E-state index in [1.54, 1.807) is 19.3 Å². The Morgan fingerprint density at radius 2 is 2.26 bits per heavy atom. The van der Waals surface area contributed by atoms with Crippen molar-refractivity contribution < 1.29 is 18.5 Å². The summed E-state index contributed by atoms with van der Waals surface area (Å²) in [5.41, 5.74) is 0.642. The summed E-state index contributed by atoms with van der Waals surface area (Å²) < 4.78 is 16.5. The molecule has 0 aliphatic carbocycles. The van der Waals surface area contributed by atoms with Gasteiger partial charge in [-0.3, -0.25) is 4.79 Å². The smallest absolute Gasteiger partial charge is 0.257 e. The van der Waals surface area contributed by atoms with Crippen LogP contribution in [0.15, 0.2) is 21.3 Å². The number of rotatable bonds is 3. The number of ether oxygens (including phenoxy) is 1. The Bertz CT molecular complexity index is 708. The molecule has 2 aromatic heterocycles. The molecule has 2 aliphatic heterocycles. The molecule has 3 atom stereocenters. The van der Waals surface area contributed by atoms with Gasteiger partial charge in [0.2, 0.25) is 5.89 Å². The van der Waals surface area contributed by atoms with E-state index >= 15 is 0 Å². The number of likely N-dealkylation sites (tertiary alicyclic amines) is 1. The monoisotopic (exact) mass is 317 g/mol. The van der Waals surface area contributed by atoms with Crippen molar-refractivity contribution in [1.82, 2.24) is 15.0 Å². The van der Waals surface area contributed by atoms with Crippen LogP contribution in [0, 0.1) is 19.8 Å². The van der Waals surface area contributed by atoms with Crippen LogP contribution in [0.4, 0.5) is 0 Å². The van der Waals surface area contributed by atoms with Crippen LogP contribution in [0.3, 0.4) is 0 Å². The van der Waals surface area contributed by atoms with Gasteiger partial charge in [0.25, 0.3) is 5.91 Å². The van der Waals surface area contributed by atoms with Gasteiger partial charge in [-0.05, 0) is 26.3 Å². The number of aryl methyl sites for hydroxylation is 2. The molecule has 0 radical (unpaired) electrons.